The summed E-state index contributed by atoms with van der Waals surface area (Å²) in [6.07, 6.45) is 11.3. The molecule has 36 heavy (non-hydrogen) atoms. The van der Waals surface area contributed by atoms with Gasteiger partial charge >= 0.3 is 0 Å². The van der Waals surface area contributed by atoms with Crippen LogP contribution in [-0.4, -0.2) is 70.8 Å². The second-order valence-electron chi connectivity index (χ2n) is 9.85. The number of nitrogens with zero attached hydrogens (tertiary/aromatic N) is 6. The Morgan fingerprint density at radius 3 is 2.42 bits per heavy atom. The molecule has 0 saturated carbocycles. The summed E-state index contributed by atoms with van der Waals surface area (Å²) in [5, 5.41) is 0. The number of rotatable bonds is 5. The number of benzene rings is 1. The van der Waals surface area contributed by atoms with Crippen molar-refractivity contribution < 1.29 is 17.5 Å². The molecule has 2 saturated heterocycles. The van der Waals surface area contributed by atoms with E-state index in [9.17, 15) is 12.8 Å². The Bertz CT molecular complexity index is 1350. The average molecular weight is 513 g/mol. The lowest BCUT2D eigenvalue weighted by atomic mass is 9.85. The number of halogens is 1. The summed E-state index contributed by atoms with van der Waals surface area (Å²) in [6, 6.07) is 5.26. The van der Waals surface area contributed by atoms with Crippen molar-refractivity contribution in [3.8, 4) is 17.0 Å². The van der Waals surface area contributed by atoms with Gasteiger partial charge in [0.2, 0.25) is 16.0 Å². The van der Waals surface area contributed by atoms with Crippen LogP contribution in [0.1, 0.15) is 37.3 Å². The summed E-state index contributed by atoms with van der Waals surface area (Å²) < 4.78 is 47.8. The average Bonchev–Trinajstić information content (AvgIpc) is 3.47. The summed E-state index contributed by atoms with van der Waals surface area (Å²) in [7, 11) is -3.15. The second-order valence-corrected chi connectivity index (χ2v) is 11.8. The zero-order valence-corrected chi connectivity index (χ0v) is 20.9. The molecule has 9 nitrogen and oxygen atoms in total. The maximum atomic E-state index is 14.9. The van der Waals surface area contributed by atoms with Crippen molar-refractivity contribution in [3.63, 3.8) is 0 Å². The first-order valence-electron chi connectivity index (χ1n) is 12.4. The van der Waals surface area contributed by atoms with Crippen molar-refractivity contribution in [2.75, 3.05) is 37.3 Å². The number of hydrogen-bond acceptors (Lipinski definition) is 7. The molecule has 3 aliphatic heterocycles. The lowest BCUT2D eigenvalue weighted by molar-refractivity contribution is 0.134. The van der Waals surface area contributed by atoms with Crippen molar-refractivity contribution in [2.45, 2.75) is 37.8 Å². The minimum atomic E-state index is -3.15. The molecular weight excluding hydrogens is 483 g/mol. The molecule has 0 spiro atoms. The van der Waals surface area contributed by atoms with Crippen LogP contribution in [0.15, 0.2) is 43.1 Å². The van der Waals surface area contributed by atoms with Gasteiger partial charge in [0.05, 0.1) is 42.9 Å². The lowest BCUT2D eigenvalue weighted by Gasteiger charge is -2.35. The molecule has 2 fully saturated rings. The van der Waals surface area contributed by atoms with E-state index in [4.69, 9.17) is 4.74 Å². The van der Waals surface area contributed by atoms with E-state index < -0.39 is 10.0 Å². The Morgan fingerprint density at radius 2 is 1.72 bits per heavy atom. The quantitative estimate of drug-likeness (QED) is 0.519. The highest BCUT2D eigenvalue weighted by atomic mass is 32.2. The van der Waals surface area contributed by atoms with Crippen LogP contribution in [0, 0.1) is 11.7 Å². The number of anilines is 1. The van der Waals surface area contributed by atoms with Crippen molar-refractivity contribution in [1.29, 1.82) is 0 Å². The van der Waals surface area contributed by atoms with E-state index in [1.165, 1.54) is 10.6 Å². The fourth-order valence-corrected chi connectivity index (χ4v) is 6.69. The monoisotopic (exact) mass is 512 g/mol. The minimum Gasteiger partial charge on any atom is -0.487 e. The Hall–Kier alpha value is -3.05. The van der Waals surface area contributed by atoms with Crippen LogP contribution < -0.4 is 9.64 Å². The maximum Gasteiger partial charge on any atom is 0.225 e. The molecule has 2 aromatic heterocycles. The molecule has 1 aromatic carbocycles. The van der Waals surface area contributed by atoms with Gasteiger partial charge in [-0.3, -0.25) is 0 Å². The van der Waals surface area contributed by atoms with Gasteiger partial charge in [0, 0.05) is 37.3 Å². The highest BCUT2D eigenvalue weighted by Gasteiger charge is 2.38. The van der Waals surface area contributed by atoms with Gasteiger partial charge in [0.15, 0.2) is 5.75 Å². The van der Waals surface area contributed by atoms with Crippen molar-refractivity contribution in [1.82, 2.24) is 23.8 Å². The number of aromatic nitrogens is 4. The second kappa shape index (κ2) is 9.11. The summed E-state index contributed by atoms with van der Waals surface area (Å²) in [5.74, 6) is 1.41. The number of ether oxygens (including phenoxy) is 1. The van der Waals surface area contributed by atoms with E-state index in [2.05, 4.69) is 24.4 Å². The van der Waals surface area contributed by atoms with Gasteiger partial charge in [-0.15, -0.1) is 0 Å². The largest absolute Gasteiger partial charge is 0.487 e. The predicted octanol–water partition coefficient (Wildman–Crippen LogP) is 3.10. The van der Waals surface area contributed by atoms with E-state index in [-0.39, 0.29) is 18.0 Å². The maximum absolute atomic E-state index is 14.9. The predicted molar refractivity (Wildman–Crippen MR) is 133 cm³/mol. The molecule has 5 heterocycles. The number of fused-ring (bicyclic) bond motifs is 3. The number of sulfonamides is 1. The fraction of sp³-hybridized carbons (Fsp3) is 0.480. The first-order chi connectivity index (χ1) is 17.4. The van der Waals surface area contributed by atoms with Gasteiger partial charge < -0.3 is 14.2 Å². The van der Waals surface area contributed by atoms with Crippen molar-refractivity contribution in [2.24, 2.45) is 5.92 Å². The molecule has 1 unspecified atom stereocenters. The van der Waals surface area contributed by atoms with E-state index in [1.54, 1.807) is 24.5 Å². The summed E-state index contributed by atoms with van der Waals surface area (Å²) in [4.78, 5) is 15.5. The minimum absolute atomic E-state index is 0.0355. The van der Waals surface area contributed by atoms with Crippen LogP contribution in [0.3, 0.4) is 0 Å². The van der Waals surface area contributed by atoms with E-state index in [1.807, 2.05) is 18.6 Å². The third-order valence-electron chi connectivity index (χ3n) is 7.65. The third kappa shape index (κ3) is 4.24. The van der Waals surface area contributed by atoms with Gasteiger partial charge in [0.1, 0.15) is 11.9 Å². The van der Waals surface area contributed by atoms with Crippen LogP contribution >= 0.6 is 0 Å². The fourth-order valence-electron chi connectivity index (χ4n) is 5.82. The molecule has 0 radical (unpaired) electrons. The molecule has 0 bridgehead atoms. The van der Waals surface area contributed by atoms with Crippen molar-refractivity contribution >= 4 is 16.0 Å². The van der Waals surface area contributed by atoms with Crippen LogP contribution in [0.25, 0.3) is 11.3 Å². The molecule has 11 heteroatoms. The van der Waals surface area contributed by atoms with E-state index >= 15 is 0 Å². The van der Waals surface area contributed by atoms with Gasteiger partial charge in [-0.2, -0.15) is 0 Å². The molecule has 190 valence electrons. The summed E-state index contributed by atoms with van der Waals surface area (Å²) in [5.41, 5.74) is 2.71. The summed E-state index contributed by atoms with van der Waals surface area (Å²) in [6.45, 7) is 2.51. The van der Waals surface area contributed by atoms with E-state index in [0.717, 1.165) is 42.8 Å². The molecule has 0 aliphatic carbocycles. The van der Waals surface area contributed by atoms with Crippen LogP contribution in [-0.2, 0) is 10.0 Å². The zero-order valence-electron chi connectivity index (χ0n) is 20.1. The lowest BCUT2D eigenvalue weighted by Crippen LogP contribution is -2.41. The first kappa shape index (κ1) is 23.4. The number of hydrogen-bond donors (Lipinski definition) is 0. The molecule has 6 rings (SSSR count). The first-order valence-corrected chi connectivity index (χ1v) is 14.2. The van der Waals surface area contributed by atoms with Gasteiger partial charge in [-0.25, -0.2) is 32.1 Å². The van der Waals surface area contributed by atoms with Crippen LogP contribution in [0.2, 0.25) is 0 Å². The smallest absolute Gasteiger partial charge is 0.225 e. The molecule has 3 aliphatic rings. The summed E-state index contributed by atoms with van der Waals surface area (Å²) >= 11 is 0. The van der Waals surface area contributed by atoms with Crippen LogP contribution in [0.5, 0.6) is 5.75 Å². The standard InChI is InChI=1S/C25H29FN6O3S/c1-36(33,34)31-11-7-18(8-12-31)35-19-13-28-25(29-14-19)30-9-5-17(6-10-30)24-23-20(3-2-4-21(23)26)22-15-27-16-32(22)24/h2-4,13-18,24H,5-12H2,1H3. The van der Waals surface area contributed by atoms with Crippen LogP contribution in [0.4, 0.5) is 10.3 Å². The third-order valence-corrected chi connectivity index (χ3v) is 8.95. The normalized spacial score (nSPS) is 21.4. The highest BCUT2D eigenvalue weighted by molar-refractivity contribution is 7.88. The van der Waals surface area contributed by atoms with Gasteiger partial charge in [-0.1, -0.05) is 12.1 Å². The molecule has 3 aromatic rings. The van der Waals surface area contributed by atoms with Crippen molar-refractivity contribution in [3.05, 3.63) is 54.5 Å². The Morgan fingerprint density at radius 1 is 1.00 bits per heavy atom. The van der Waals surface area contributed by atoms with Gasteiger partial charge in [0.25, 0.3) is 0 Å². The number of imidazole rings is 1. The molecule has 0 N–H and O–H groups in total. The topological polar surface area (TPSA) is 93.5 Å². The van der Waals surface area contributed by atoms with Gasteiger partial charge in [-0.05, 0) is 37.7 Å². The Kier molecular flexibility index (Phi) is 5.91. The SMILES string of the molecule is CS(=O)(=O)N1CCC(Oc2cnc(N3CCC(C4c5c(F)cccc5-c5cncn54)CC3)nc2)CC1. The Labute approximate surface area is 210 Å². The highest BCUT2D eigenvalue weighted by Crippen LogP contribution is 2.46. The Balaban J connectivity index is 1.07. The molecule has 1 atom stereocenters. The molecular formula is C25H29FN6O3S. The van der Waals surface area contributed by atoms with E-state index in [0.29, 0.717) is 43.5 Å². The zero-order chi connectivity index (χ0) is 24.9. The molecule has 0 amide bonds. The number of piperidine rings is 2.